The van der Waals surface area contributed by atoms with Gasteiger partial charge < -0.3 is 0 Å². The number of unbranched alkanes of at least 4 members (excludes halogenated alkanes) is 3. The number of rotatable bonds is 15. The summed E-state index contributed by atoms with van der Waals surface area (Å²) in [6.07, 6.45) is 7.11. The van der Waals surface area contributed by atoms with Crippen LogP contribution < -0.4 is 4.74 Å². The molecule has 2 rings (SSSR count). The average Bonchev–Trinajstić information content (AvgIpc) is 2.91. The first-order valence-corrected chi connectivity index (χ1v) is 22.5. The summed E-state index contributed by atoms with van der Waals surface area (Å²) in [6.45, 7) is 15.0. The molecule has 0 N–H and O–H groups in total. The van der Waals surface area contributed by atoms with E-state index in [-0.39, 0.29) is 16.2 Å². The van der Waals surface area contributed by atoms with Gasteiger partial charge in [0.15, 0.2) is 0 Å². The van der Waals surface area contributed by atoms with Gasteiger partial charge in [0.2, 0.25) is 0 Å². The third-order valence-electron chi connectivity index (χ3n) is 7.68. The van der Waals surface area contributed by atoms with Crippen molar-refractivity contribution in [3.05, 3.63) is 65.7 Å². The van der Waals surface area contributed by atoms with E-state index in [0.29, 0.717) is 0 Å². The third kappa shape index (κ3) is 9.20. The third-order valence-corrected chi connectivity index (χ3v) is 24.3. The number of hydrogen-bond donors (Lipinski definition) is 0. The van der Waals surface area contributed by atoms with Crippen molar-refractivity contribution in [1.29, 1.82) is 0 Å². The number of carbonyl (C=O) groups excluding carboxylic acids is 1. The summed E-state index contributed by atoms with van der Waals surface area (Å²) in [6, 6.07) is 19.0. The summed E-state index contributed by atoms with van der Waals surface area (Å²) < 4.78 is 15.7. The Labute approximate surface area is 237 Å². The number of methoxy groups -OCH3 is 1. The first-order chi connectivity index (χ1) is 18.1. The van der Waals surface area contributed by atoms with Crippen LogP contribution in [0.25, 0.3) is 0 Å². The van der Waals surface area contributed by atoms with E-state index < -0.39 is 24.0 Å². The Morgan fingerprint density at radius 2 is 1.32 bits per heavy atom. The second kappa shape index (κ2) is 15.8. The van der Waals surface area contributed by atoms with E-state index in [1.807, 2.05) is 32.9 Å². The van der Waals surface area contributed by atoms with Crippen molar-refractivity contribution in [2.24, 2.45) is 0 Å². The Balaban J connectivity index is 2.80. The summed E-state index contributed by atoms with van der Waals surface area (Å²) in [5.74, 6) is 0.826. The fourth-order valence-electron chi connectivity index (χ4n) is 5.66. The van der Waals surface area contributed by atoms with Gasteiger partial charge in [-0.1, -0.05) is 0 Å². The Morgan fingerprint density at radius 3 is 1.74 bits per heavy atom. The molecule has 2 aromatic rings. The van der Waals surface area contributed by atoms with Crippen LogP contribution in [0.3, 0.4) is 0 Å². The minimum absolute atomic E-state index is 0.113. The fraction of sp³-hybridized carbons (Fsp3) is 0.606. The molecule has 0 aliphatic heterocycles. The van der Waals surface area contributed by atoms with Gasteiger partial charge >= 0.3 is 238 Å². The van der Waals surface area contributed by atoms with Crippen LogP contribution >= 0.6 is 0 Å². The standard InChI is InChI=1S/C21H26NO3.3C4H9.Sn/c1-16(18-11-13-19(24-5)14-12-18)22(20(23)25-21(2,3)4)15-17-9-7-6-8-10-17;3*1-3-4-2;/h6-16H,1-5H3;3*1,3-4H2,2H3;/t16-;;;;/m0..../s1. The summed E-state index contributed by atoms with van der Waals surface area (Å²) in [5.41, 5.74) is 1.84. The predicted molar refractivity (Wildman–Crippen MR) is 164 cm³/mol. The molecule has 1 amide bonds. The van der Waals surface area contributed by atoms with E-state index >= 15 is 0 Å². The van der Waals surface area contributed by atoms with Gasteiger partial charge in [0.25, 0.3) is 0 Å². The van der Waals surface area contributed by atoms with Crippen molar-refractivity contribution >= 4 is 24.5 Å². The summed E-state index contributed by atoms with van der Waals surface area (Å²) >= 11 is -3.07. The summed E-state index contributed by atoms with van der Waals surface area (Å²) in [4.78, 5) is 16.5. The molecule has 0 bridgehead atoms. The van der Waals surface area contributed by atoms with Crippen molar-refractivity contribution in [2.75, 3.05) is 7.11 Å². The maximum absolute atomic E-state index is 14.3. The van der Waals surface area contributed by atoms with Crippen LogP contribution in [-0.4, -0.2) is 42.1 Å². The van der Waals surface area contributed by atoms with Crippen molar-refractivity contribution in [1.82, 2.24) is 4.90 Å². The number of benzene rings is 2. The van der Waals surface area contributed by atoms with Crippen LogP contribution in [0.5, 0.6) is 5.75 Å². The molecule has 0 aliphatic rings. The van der Waals surface area contributed by atoms with Crippen molar-refractivity contribution < 1.29 is 14.3 Å². The van der Waals surface area contributed by atoms with Crippen LogP contribution in [-0.2, 0) is 4.74 Å². The van der Waals surface area contributed by atoms with E-state index in [2.05, 4.69) is 75.1 Å². The number of carbonyl (C=O) groups is 1. The topological polar surface area (TPSA) is 38.8 Å². The predicted octanol–water partition coefficient (Wildman–Crippen LogP) is 10.1. The zero-order valence-electron chi connectivity index (χ0n) is 25.4. The van der Waals surface area contributed by atoms with Crippen molar-refractivity contribution in [3.63, 3.8) is 0 Å². The fourth-order valence-corrected chi connectivity index (χ4v) is 24.4. The molecule has 0 radical (unpaired) electrons. The molecule has 0 spiro atoms. The molecule has 0 fully saturated rings. The number of amides is 1. The molecule has 0 aromatic heterocycles. The molecule has 38 heavy (non-hydrogen) atoms. The minimum atomic E-state index is -3.07. The zero-order chi connectivity index (χ0) is 28.2. The Morgan fingerprint density at radius 1 is 0.816 bits per heavy atom. The van der Waals surface area contributed by atoms with Gasteiger partial charge in [-0.3, -0.25) is 0 Å². The van der Waals surface area contributed by atoms with Crippen LogP contribution in [0.1, 0.15) is 108 Å². The second-order valence-corrected chi connectivity index (χ2v) is 25.4. The normalized spacial score (nSPS) is 13.6. The Hall–Kier alpha value is -1.69. The first-order valence-electron chi connectivity index (χ1n) is 14.8. The molecule has 212 valence electrons. The first kappa shape index (κ1) is 32.5. The van der Waals surface area contributed by atoms with Crippen LogP contribution in [0.15, 0.2) is 54.6 Å². The molecular formula is C33H53NO3Sn. The monoisotopic (exact) mass is 631 g/mol. The van der Waals surface area contributed by atoms with E-state index in [9.17, 15) is 4.79 Å². The number of hydrogen-bond acceptors (Lipinski definition) is 3. The molecule has 0 unspecified atom stereocenters. The SMILES string of the molecule is CCC[CH2][Sn]([CH2]CCC)([CH2]CCC)[C@H](c1ccccc1)N(C(=O)OC(C)(C)C)[C@@H](C)c1ccc(OC)cc1. The van der Waals surface area contributed by atoms with Gasteiger partial charge in [-0.15, -0.1) is 0 Å². The molecule has 2 aromatic carbocycles. The summed E-state index contributed by atoms with van der Waals surface area (Å²) in [7, 11) is 1.69. The van der Waals surface area contributed by atoms with E-state index in [0.717, 1.165) is 11.3 Å². The van der Waals surface area contributed by atoms with Crippen molar-refractivity contribution in [3.8, 4) is 5.75 Å². The van der Waals surface area contributed by atoms with Gasteiger partial charge in [-0.25, -0.2) is 0 Å². The number of nitrogens with zero attached hydrogens (tertiary/aromatic N) is 1. The molecule has 0 heterocycles. The van der Waals surface area contributed by atoms with Gasteiger partial charge in [0.1, 0.15) is 0 Å². The van der Waals surface area contributed by atoms with E-state index in [1.54, 1.807) is 7.11 Å². The summed E-state index contributed by atoms with van der Waals surface area (Å²) in [5, 5.41) is 0. The second-order valence-electron chi connectivity index (χ2n) is 11.8. The van der Waals surface area contributed by atoms with Gasteiger partial charge in [-0.05, 0) is 0 Å². The quantitative estimate of drug-likeness (QED) is 0.184. The molecule has 2 atom stereocenters. The van der Waals surface area contributed by atoms with Gasteiger partial charge in [0.05, 0.1) is 0 Å². The molecule has 0 saturated carbocycles. The Kier molecular flexibility index (Phi) is 13.5. The van der Waals surface area contributed by atoms with Crippen LogP contribution in [0.2, 0.25) is 13.3 Å². The number of ether oxygens (including phenoxy) is 2. The van der Waals surface area contributed by atoms with E-state index in [4.69, 9.17) is 9.47 Å². The average molecular weight is 631 g/mol. The van der Waals surface area contributed by atoms with E-state index in [1.165, 1.54) is 57.4 Å². The van der Waals surface area contributed by atoms with Crippen LogP contribution in [0, 0.1) is 0 Å². The van der Waals surface area contributed by atoms with Crippen LogP contribution in [0.4, 0.5) is 4.79 Å². The molecule has 0 aliphatic carbocycles. The zero-order valence-corrected chi connectivity index (χ0v) is 28.2. The Bertz CT molecular complexity index is 917. The van der Waals surface area contributed by atoms with Gasteiger partial charge in [0, 0.05) is 0 Å². The van der Waals surface area contributed by atoms with Gasteiger partial charge in [-0.2, -0.15) is 0 Å². The maximum atomic E-state index is 14.3. The van der Waals surface area contributed by atoms with Crippen molar-refractivity contribution in [2.45, 2.75) is 116 Å². The molecule has 4 nitrogen and oxygen atoms in total. The molecule has 5 heteroatoms. The molecule has 0 saturated heterocycles. The molecular weight excluding hydrogens is 577 g/mol.